The lowest BCUT2D eigenvalue weighted by Crippen LogP contribution is -2.28. The molecule has 0 radical (unpaired) electrons. The van der Waals surface area contributed by atoms with Gasteiger partial charge in [-0.25, -0.2) is 9.97 Å². The molecule has 3 rings (SSSR count). The molecular formula is C18H20N4O. The Morgan fingerprint density at radius 2 is 2.04 bits per heavy atom. The van der Waals surface area contributed by atoms with Gasteiger partial charge < -0.3 is 10.1 Å². The van der Waals surface area contributed by atoms with Crippen LogP contribution in [-0.4, -0.2) is 23.1 Å². The van der Waals surface area contributed by atoms with E-state index in [4.69, 9.17) is 10.00 Å². The van der Waals surface area contributed by atoms with Crippen molar-refractivity contribution in [1.29, 1.82) is 5.26 Å². The molecule has 0 aliphatic carbocycles. The van der Waals surface area contributed by atoms with E-state index < -0.39 is 0 Å². The molecule has 0 amide bonds. The van der Waals surface area contributed by atoms with Crippen molar-refractivity contribution in [2.75, 3.05) is 18.5 Å². The highest BCUT2D eigenvalue weighted by atomic mass is 16.5. The molecular weight excluding hydrogens is 288 g/mol. The van der Waals surface area contributed by atoms with Gasteiger partial charge in [0.05, 0.1) is 6.10 Å². The highest BCUT2D eigenvalue weighted by molar-refractivity contribution is 5.46. The lowest BCUT2D eigenvalue weighted by atomic mass is 9.89. The molecule has 1 N–H and O–H groups in total. The van der Waals surface area contributed by atoms with Gasteiger partial charge in [-0.15, -0.1) is 0 Å². The molecule has 5 heteroatoms. The van der Waals surface area contributed by atoms with Crippen LogP contribution in [0.25, 0.3) is 0 Å². The number of aromatic nitrogens is 2. The number of ether oxygens (including phenoxy) is 1. The number of hydrogen-bond acceptors (Lipinski definition) is 5. The maximum atomic E-state index is 9.09. The van der Waals surface area contributed by atoms with E-state index in [9.17, 15) is 0 Å². The molecule has 1 fully saturated rings. The summed E-state index contributed by atoms with van der Waals surface area (Å²) in [7, 11) is 0. The summed E-state index contributed by atoms with van der Waals surface area (Å²) in [5.41, 5.74) is 2.79. The lowest BCUT2D eigenvalue weighted by Gasteiger charge is -2.32. The molecule has 23 heavy (non-hydrogen) atoms. The smallest absolute Gasteiger partial charge is 0.182 e. The molecule has 1 aliphatic rings. The van der Waals surface area contributed by atoms with Crippen molar-refractivity contribution < 1.29 is 4.74 Å². The van der Waals surface area contributed by atoms with E-state index in [1.165, 1.54) is 17.3 Å². The number of benzene rings is 1. The van der Waals surface area contributed by atoms with Crippen molar-refractivity contribution >= 4 is 5.82 Å². The van der Waals surface area contributed by atoms with Gasteiger partial charge in [-0.3, -0.25) is 0 Å². The Labute approximate surface area is 136 Å². The quantitative estimate of drug-likeness (QED) is 0.939. The number of aryl methyl sites for hydroxylation is 1. The highest BCUT2D eigenvalue weighted by Crippen LogP contribution is 2.33. The Hall–Kier alpha value is -2.45. The minimum Gasteiger partial charge on any atom is -0.373 e. The summed E-state index contributed by atoms with van der Waals surface area (Å²) >= 11 is 0. The second-order valence-corrected chi connectivity index (χ2v) is 5.85. The molecule has 1 aliphatic heterocycles. The Morgan fingerprint density at radius 1 is 1.26 bits per heavy atom. The van der Waals surface area contributed by atoms with Crippen LogP contribution in [0.1, 0.15) is 35.8 Å². The van der Waals surface area contributed by atoms with E-state index in [1.807, 2.05) is 0 Å². The van der Waals surface area contributed by atoms with Crippen LogP contribution >= 0.6 is 0 Å². The van der Waals surface area contributed by atoms with Gasteiger partial charge >= 0.3 is 0 Å². The van der Waals surface area contributed by atoms with Gasteiger partial charge in [-0.1, -0.05) is 29.8 Å². The molecule has 2 atom stereocenters. The third kappa shape index (κ3) is 3.66. The number of hydrogen-bond donors (Lipinski definition) is 1. The standard InChI is InChI=1S/C18H20N4O/c1-13-4-6-14(7-5-13)17-15(3-2-10-23-17)12-22-18-16(11-19)20-8-9-21-18/h4-9,15,17H,2-3,10,12H2,1H3,(H,21,22). The molecule has 0 spiro atoms. The second-order valence-electron chi connectivity index (χ2n) is 5.85. The van der Waals surface area contributed by atoms with Crippen LogP contribution < -0.4 is 5.32 Å². The summed E-state index contributed by atoms with van der Waals surface area (Å²) < 4.78 is 6.02. The zero-order chi connectivity index (χ0) is 16.1. The summed E-state index contributed by atoms with van der Waals surface area (Å²) in [6.07, 6.45) is 5.35. The van der Waals surface area contributed by atoms with Crippen LogP contribution in [0, 0.1) is 24.2 Å². The Bertz CT molecular complexity index is 693. The van der Waals surface area contributed by atoms with Crippen molar-refractivity contribution in [2.45, 2.75) is 25.9 Å². The van der Waals surface area contributed by atoms with Crippen molar-refractivity contribution in [2.24, 2.45) is 5.92 Å². The fourth-order valence-corrected chi connectivity index (χ4v) is 2.95. The maximum Gasteiger partial charge on any atom is 0.182 e. The van der Waals surface area contributed by atoms with E-state index in [2.05, 4.69) is 52.5 Å². The summed E-state index contributed by atoms with van der Waals surface area (Å²) in [6, 6.07) is 10.6. The minimum absolute atomic E-state index is 0.0825. The van der Waals surface area contributed by atoms with E-state index in [0.717, 1.165) is 19.4 Å². The van der Waals surface area contributed by atoms with Crippen LogP contribution in [0.2, 0.25) is 0 Å². The zero-order valence-corrected chi connectivity index (χ0v) is 13.2. The monoisotopic (exact) mass is 308 g/mol. The van der Waals surface area contributed by atoms with Gasteiger partial charge in [0.15, 0.2) is 11.5 Å². The third-order valence-corrected chi connectivity index (χ3v) is 4.19. The molecule has 1 aromatic heterocycles. The van der Waals surface area contributed by atoms with Crippen LogP contribution in [0.3, 0.4) is 0 Å². The first kappa shape index (κ1) is 15.4. The van der Waals surface area contributed by atoms with Crippen molar-refractivity contribution in [3.8, 4) is 6.07 Å². The number of nitriles is 1. The second kappa shape index (κ2) is 7.21. The van der Waals surface area contributed by atoms with E-state index >= 15 is 0 Å². The average Bonchev–Trinajstić information content (AvgIpc) is 2.61. The van der Waals surface area contributed by atoms with Crippen molar-refractivity contribution in [1.82, 2.24) is 9.97 Å². The van der Waals surface area contributed by atoms with Gasteiger partial charge in [0.1, 0.15) is 6.07 Å². The molecule has 5 nitrogen and oxygen atoms in total. The van der Waals surface area contributed by atoms with Gasteiger partial charge in [-0.2, -0.15) is 5.26 Å². The average molecular weight is 308 g/mol. The Balaban J connectivity index is 1.72. The first-order valence-electron chi connectivity index (χ1n) is 7.91. The fraction of sp³-hybridized carbons (Fsp3) is 0.389. The van der Waals surface area contributed by atoms with Crippen molar-refractivity contribution in [3.05, 3.63) is 53.5 Å². The van der Waals surface area contributed by atoms with Gasteiger partial charge in [0, 0.05) is 31.5 Å². The summed E-state index contributed by atoms with van der Waals surface area (Å²) in [5, 5.41) is 12.4. The van der Waals surface area contributed by atoms with E-state index in [-0.39, 0.29) is 6.10 Å². The van der Waals surface area contributed by atoms with Gasteiger partial charge in [0.25, 0.3) is 0 Å². The van der Waals surface area contributed by atoms with Crippen LogP contribution in [0.4, 0.5) is 5.82 Å². The normalized spacial score (nSPS) is 20.7. The molecule has 1 saturated heterocycles. The van der Waals surface area contributed by atoms with E-state index in [0.29, 0.717) is 24.0 Å². The molecule has 118 valence electrons. The zero-order valence-electron chi connectivity index (χ0n) is 13.2. The van der Waals surface area contributed by atoms with Crippen molar-refractivity contribution in [3.63, 3.8) is 0 Å². The Kier molecular flexibility index (Phi) is 4.84. The maximum absolute atomic E-state index is 9.09. The van der Waals surface area contributed by atoms with E-state index in [1.54, 1.807) is 6.20 Å². The number of anilines is 1. The van der Waals surface area contributed by atoms with Crippen LogP contribution in [0.15, 0.2) is 36.7 Å². The SMILES string of the molecule is Cc1ccc(C2OCCCC2CNc2nccnc2C#N)cc1. The third-order valence-electron chi connectivity index (χ3n) is 4.19. The molecule has 2 unspecified atom stereocenters. The van der Waals surface area contributed by atoms with Gasteiger partial charge in [0.2, 0.25) is 0 Å². The molecule has 2 heterocycles. The lowest BCUT2D eigenvalue weighted by molar-refractivity contribution is -0.0238. The molecule has 1 aromatic carbocycles. The summed E-state index contributed by atoms with van der Waals surface area (Å²) in [5.74, 6) is 0.892. The minimum atomic E-state index is 0.0825. The predicted molar refractivity (Wildman–Crippen MR) is 87.8 cm³/mol. The molecule has 0 bridgehead atoms. The predicted octanol–water partition coefficient (Wildman–Crippen LogP) is 3.24. The number of nitrogens with zero attached hydrogens (tertiary/aromatic N) is 3. The molecule has 2 aromatic rings. The van der Waals surface area contributed by atoms with Crippen LogP contribution in [-0.2, 0) is 4.74 Å². The number of rotatable bonds is 4. The summed E-state index contributed by atoms with van der Waals surface area (Å²) in [6.45, 7) is 3.59. The largest absolute Gasteiger partial charge is 0.373 e. The Morgan fingerprint density at radius 3 is 2.83 bits per heavy atom. The molecule has 0 saturated carbocycles. The number of nitrogens with one attached hydrogen (secondary N) is 1. The first-order chi connectivity index (χ1) is 11.3. The highest BCUT2D eigenvalue weighted by Gasteiger charge is 2.27. The van der Waals surface area contributed by atoms with Gasteiger partial charge in [-0.05, 0) is 25.3 Å². The summed E-state index contributed by atoms with van der Waals surface area (Å²) in [4.78, 5) is 8.24. The van der Waals surface area contributed by atoms with Crippen LogP contribution in [0.5, 0.6) is 0 Å². The topological polar surface area (TPSA) is 70.8 Å². The first-order valence-corrected chi connectivity index (χ1v) is 7.91. The fourth-order valence-electron chi connectivity index (χ4n) is 2.95.